The molecular formula is C21H34O2. The van der Waals surface area contributed by atoms with Crippen molar-refractivity contribution in [1.29, 1.82) is 0 Å². The molecule has 4 aliphatic rings. The standard InChI is InChI=1S/C21H34O2/c1-20-11-4-3-5-14(20)6-8-16-17-9-7-15(10-12-22)21(17,2)13-18(23)19(16)20/h5,15-19,22-23H,3-4,6-13H2,1-2H3/t15-,16+,17+,18+,19-,20+,21-/m1/s1. The molecule has 0 aromatic heterocycles. The van der Waals surface area contributed by atoms with Crippen LogP contribution in [-0.4, -0.2) is 22.9 Å². The number of rotatable bonds is 2. The molecule has 0 unspecified atom stereocenters. The molecule has 0 amide bonds. The van der Waals surface area contributed by atoms with Crippen LogP contribution in [0.3, 0.4) is 0 Å². The molecule has 2 nitrogen and oxygen atoms in total. The van der Waals surface area contributed by atoms with Crippen molar-refractivity contribution in [3.8, 4) is 0 Å². The van der Waals surface area contributed by atoms with E-state index in [0.29, 0.717) is 24.4 Å². The smallest absolute Gasteiger partial charge is 0.0584 e. The lowest BCUT2D eigenvalue weighted by atomic mass is 9.46. The fraction of sp³-hybridized carbons (Fsp3) is 0.905. The fourth-order valence-electron chi connectivity index (χ4n) is 7.61. The molecule has 0 aliphatic heterocycles. The van der Waals surface area contributed by atoms with Crippen molar-refractivity contribution in [2.75, 3.05) is 6.61 Å². The highest BCUT2D eigenvalue weighted by atomic mass is 16.3. The van der Waals surface area contributed by atoms with Gasteiger partial charge in [-0.05, 0) is 92.3 Å². The molecule has 0 aromatic carbocycles. The lowest BCUT2D eigenvalue weighted by Gasteiger charge is -2.60. The van der Waals surface area contributed by atoms with E-state index in [-0.39, 0.29) is 16.9 Å². The Balaban J connectivity index is 1.68. The Kier molecular flexibility index (Phi) is 3.93. The summed E-state index contributed by atoms with van der Waals surface area (Å²) in [5.74, 6) is 2.57. The molecule has 4 rings (SSSR count). The molecule has 130 valence electrons. The van der Waals surface area contributed by atoms with Crippen molar-refractivity contribution in [2.45, 2.75) is 77.7 Å². The number of allylic oxidation sites excluding steroid dienone is 2. The minimum Gasteiger partial charge on any atom is -0.396 e. The Hall–Kier alpha value is -0.340. The molecule has 3 saturated carbocycles. The second-order valence-electron chi connectivity index (χ2n) is 9.44. The predicted octanol–water partition coefficient (Wildman–Crippen LogP) is 4.31. The highest BCUT2D eigenvalue weighted by Gasteiger charge is 2.61. The Morgan fingerprint density at radius 3 is 2.83 bits per heavy atom. The largest absolute Gasteiger partial charge is 0.396 e. The van der Waals surface area contributed by atoms with Crippen LogP contribution in [0.4, 0.5) is 0 Å². The molecule has 4 aliphatic carbocycles. The number of hydrogen-bond donors (Lipinski definition) is 2. The summed E-state index contributed by atoms with van der Waals surface area (Å²) in [6, 6.07) is 0. The summed E-state index contributed by atoms with van der Waals surface area (Å²) in [7, 11) is 0. The van der Waals surface area contributed by atoms with E-state index in [1.807, 2.05) is 0 Å². The number of fused-ring (bicyclic) bond motifs is 5. The molecule has 0 saturated heterocycles. The van der Waals surface area contributed by atoms with Gasteiger partial charge in [0.2, 0.25) is 0 Å². The maximum absolute atomic E-state index is 11.2. The molecule has 7 atom stereocenters. The fourth-order valence-corrected chi connectivity index (χ4v) is 7.61. The summed E-state index contributed by atoms with van der Waals surface area (Å²) >= 11 is 0. The van der Waals surface area contributed by atoms with E-state index in [4.69, 9.17) is 0 Å². The highest BCUT2D eigenvalue weighted by molar-refractivity contribution is 5.25. The first-order valence-corrected chi connectivity index (χ1v) is 9.99. The molecule has 23 heavy (non-hydrogen) atoms. The predicted molar refractivity (Wildman–Crippen MR) is 92.9 cm³/mol. The average Bonchev–Trinajstić information content (AvgIpc) is 2.83. The van der Waals surface area contributed by atoms with Crippen molar-refractivity contribution in [3.05, 3.63) is 11.6 Å². The lowest BCUT2D eigenvalue weighted by Crippen LogP contribution is -2.56. The third-order valence-electron chi connectivity index (χ3n) is 8.63. The summed E-state index contributed by atoms with van der Waals surface area (Å²) in [4.78, 5) is 0. The van der Waals surface area contributed by atoms with Crippen LogP contribution in [0, 0.1) is 34.5 Å². The lowest BCUT2D eigenvalue weighted by molar-refractivity contribution is -0.129. The zero-order valence-electron chi connectivity index (χ0n) is 14.9. The summed E-state index contributed by atoms with van der Waals surface area (Å²) in [6.45, 7) is 5.20. The van der Waals surface area contributed by atoms with E-state index >= 15 is 0 Å². The zero-order chi connectivity index (χ0) is 16.2. The van der Waals surface area contributed by atoms with Gasteiger partial charge in [0, 0.05) is 6.61 Å². The van der Waals surface area contributed by atoms with Gasteiger partial charge >= 0.3 is 0 Å². The van der Waals surface area contributed by atoms with Crippen molar-refractivity contribution in [1.82, 2.24) is 0 Å². The van der Waals surface area contributed by atoms with Gasteiger partial charge in [-0.15, -0.1) is 0 Å². The van der Waals surface area contributed by atoms with Crippen LogP contribution in [0.25, 0.3) is 0 Å². The van der Waals surface area contributed by atoms with Crippen LogP contribution in [-0.2, 0) is 0 Å². The van der Waals surface area contributed by atoms with Crippen LogP contribution in [0.1, 0.15) is 71.6 Å². The molecule has 0 spiro atoms. The molecule has 0 bridgehead atoms. The van der Waals surface area contributed by atoms with Gasteiger partial charge in [-0.25, -0.2) is 0 Å². The molecule has 3 fully saturated rings. The summed E-state index contributed by atoms with van der Waals surface area (Å²) in [5, 5.41) is 20.7. The highest BCUT2D eigenvalue weighted by Crippen LogP contribution is 2.67. The van der Waals surface area contributed by atoms with E-state index in [9.17, 15) is 10.2 Å². The molecule has 2 heteroatoms. The summed E-state index contributed by atoms with van der Waals surface area (Å²) in [6.07, 6.45) is 13.2. The second-order valence-corrected chi connectivity index (χ2v) is 9.44. The molecule has 0 aromatic rings. The first kappa shape index (κ1) is 16.1. The van der Waals surface area contributed by atoms with Crippen LogP contribution >= 0.6 is 0 Å². The van der Waals surface area contributed by atoms with Gasteiger partial charge in [0.15, 0.2) is 0 Å². The monoisotopic (exact) mass is 318 g/mol. The minimum absolute atomic E-state index is 0.146. The molecular weight excluding hydrogens is 284 g/mol. The van der Waals surface area contributed by atoms with E-state index < -0.39 is 0 Å². The van der Waals surface area contributed by atoms with Gasteiger partial charge < -0.3 is 10.2 Å². The average molecular weight is 319 g/mol. The zero-order valence-corrected chi connectivity index (χ0v) is 14.9. The number of hydrogen-bond acceptors (Lipinski definition) is 2. The van der Waals surface area contributed by atoms with Crippen molar-refractivity contribution >= 4 is 0 Å². The van der Waals surface area contributed by atoms with Gasteiger partial charge in [0.25, 0.3) is 0 Å². The number of aliphatic hydroxyl groups is 2. The SMILES string of the molecule is C[C@]12C[C@H](O)[C@H]3[C@@H](CCC4=CCCC[C@@]43C)[C@@H]1CC[C@@H]2CCO. The quantitative estimate of drug-likeness (QED) is 0.745. The topological polar surface area (TPSA) is 40.5 Å². The Morgan fingerprint density at radius 2 is 2.04 bits per heavy atom. The van der Waals surface area contributed by atoms with Gasteiger partial charge in [0.05, 0.1) is 6.10 Å². The van der Waals surface area contributed by atoms with E-state index in [2.05, 4.69) is 19.9 Å². The van der Waals surface area contributed by atoms with Gasteiger partial charge in [0.1, 0.15) is 0 Å². The van der Waals surface area contributed by atoms with Crippen LogP contribution in [0.15, 0.2) is 11.6 Å². The maximum atomic E-state index is 11.2. The van der Waals surface area contributed by atoms with Gasteiger partial charge in [-0.2, -0.15) is 0 Å². The van der Waals surface area contributed by atoms with E-state index in [0.717, 1.165) is 18.8 Å². The molecule has 2 N–H and O–H groups in total. The van der Waals surface area contributed by atoms with Gasteiger partial charge in [-0.3, -0.25) is 0 Å². The van der Waals surface area contributed by atoms with E-state index in [1.54, 1.807) is 5.57 Å². The van der Waals surface area contributed by atoms with Gasteiger partial charge in [-0.1, -0.05) is 25.5 Å². The van der Waals surface area contributed by atoms with Crippen LogP contribution in [0.2, 0.25) is 0 Å². The maximum Gasteiger partial charge on any atom is 0.0584 e. The Bertz CT molecular complexity index is 498. The Morgan fingerprint density at radius 1 is 1.22 bits per heavy atom. The van der Waals surface area contributed by atoms with Crippen molar-refractivity contribution < 1.29 is 10.2 Å². The first-order chi connectivity index (χ1) is 11.0. The molecule has 0 heterocycles. The minimum atomic E-state index is -0.146. The summed E-state index contributed by atoms with van der Waals surface area (Å²) < 4.78 is 0. The van der Waals surface area contributed by atoms with Crippen LogP contribution < -0.4 is 0 Å². The van der Waals surface area contributed by atoms with E-state index in [1.165, 1.54) is 44.9 Å². The summed E-state index contributed by atoms with van der Waals surface area (Å²) in [5.41, 5.74) is 2.18. The number of aliphatic hydroxyl groups excluding tert-OH is 2. The van der Waals surface area contributed by atoms with Crippen molar-refractivity contribution in [3.63, 3.8) is 0 Å². The first-order valence-electron chi connectivity index (χ1n) is 9.99. The van der Waals surface area contributed by atoms with Crippen molar-refractivity contribution in [2.24, 2.45) is 34.5 Å². The molecule has 0 radical (unpaired) electrons. The normalized spacial score (nSPS) is 52.3. The van der Waals surface area contributed by atoms with Crippen LogP contribution in [0.5, 0.6) is 0 Å². The second kappa shape index (κ2) is 5.59. The Labute approximate surface area is 141 Å². The third kappa shape index (κ3) is 2.20. The third-order valence-corrected chi connectivity index (χ3v) is 8.63.